The minimum absolute atomic E-state index is 0.0235. The topological polar surface area (TPSA) is 35.5 Å². The lowest BCUT2D eigenvalue weighted by atomic mass is 10.1. The van der Waals surface area contributed by atoms with E-state index >= 15 is 0 Å². The molecule has 0 fully saturated rings. The minimum atomic E-state index is 0.0235. The van der Waals surface area contributed by atoms with Crippen molar-refractivity contribution in [3.05, 3.63) is 21.3 Å². The first-order chi connectivity index (χ1) is 6.60. The Bertz CT molecular complexity index is 361. The highest BCUT2D eigenvalue weighted by molar-refractivity contribution is 14.1. The number of Topliss-reactive ketones (excluding diaryl/α,β-unsaturated/α-hetero) is 1. The molecule has 0 aromatic heterocycles. The van der Waals surface area contributed by atoms with Gasteiger partial charge in [0.2, 0.25) is 0 Å². The molecule has 0 aliphatic rings. The van der Waals surface area contributed by atoms with Crippen LogP contribution in [0.25, 0.3) is 0 Å². The predicted octanol–water partition coefficient (Wildman–Crippen LogP) is 2.51. The molecule has 0 spiro atoms. The Labute approximate surface area is 96.5 Å². The Kier molecular flexibility index (Phi) is 3.74. The van der Waals surface area contributed by atoms with E-state index in [4.69, 9.17) is 9.47 Å². The predicted molar refractivity (Wildman–Crippen MR) is 62.3 cm³/mol. The fourth-order valence-corrected chi connectivity index (χ4v) is 1.94. The second-order valence-corrected chi connectivity index (χ2v) is 3.91. The van der Waals surface area contributed by atoms with Crippen LogP contribution >= 0.6 is 22.6 Å². The van der Waals surface area contributed by atoms with Gasteiger partial charge in [-0.05, 0) is 41.6 Å². The lowest BCUT2D eigenvalue weighted by Crippen LogP contribution is -1.99. The van der Waals surface area contributed by atoms with Crippen molar-refractivity contribution in [3.8, 4) is 11.5 Å². The van der Waals surface area contributed by atoms with Gasteiger partial charge in [-0.2, -0.15) is 0 Å². The van der Waals surface area contributed by atoms with Crippen LogP contribution in [0, 0.1) is 3.57 Å². The van der Waals surface area contributed by atoms with E-state index in [2.05, 4.69) is 22.6 Å². The molecule has 0 unspecified atom stereocenters. The van der Waals surface area contributed by atoms with Crippen LogP contribution in [0.1, 0.15) is 17.3 Å². The number of ketones is 1. The van der Waals surface area contributed by atoms with Gasteiger partial charge >= 0.3 is 0 Å². The molecule has 14 heavy (non-hydrogen) atoms. The van der Waals surface area contributed by atoms with Gasteiger partial charge in [-0.3, -0.25) is 4.79 Å². The van der Waals surface area contributed by atoms with Crippen molar-refractivity contribution in [2.75, 3.05) is 14.2 Å². The van der Waals surface area contributed by atoms with Crippen LogP contribution in [0.2, 0.25) is 0 Å². The van der Waals surface area contributed by atoms with Crippen LogP contribution in [-0.2, 0) is 0 Å². The number of halogens is 1. The van der Waals surface area contributed by atoms with Gasteiger partial charge in [0.05, 0.1) is 14.2 Å². The van der Waals surface area contributed by atoms with E-state index < -0.39 is 0 Å². The van der Waals surface area contributed by atoms with Gasteiger partial charge in [-0.1, -0.05) is 0 Å². The first-order valence-corrected chi connectivity index (χ1v) is 5.10. The van der Waals surface area contributed by atoms with Crippen molar-refractivity contribution < 1.29 is 14.3 Å². The Hall–Kier alpha value is -0.780. The molecule has 0 atom stereocenters. The van der Waals surface area contributed by atoms with E-state index in [0.29, 0.717) is 17.1 Å². The normalized spacial score (nSPS) is 9.71. The molecular weight excluding hydrogens is 295 g/mol. The lowest BCUT2D eigenvalue weighted by molar-refractivity contribution is 0.101. The first kappa shape index (κ1) is 11.3. The minimum Gasteiger partial charge on any atom is -0.493 e. The molecule has 0 bridgehead atoms. The van der Waals surface area contributed by atoms with Crippen LogP contribution < -0.4 is 9.47 Å². The average molecular weight is 306 g/mol. The van der Waals surface area contributed by atoms with Gasteiger partial charge in [0.15, 0.2) is 17.3 Å². The molecule has 0 amide bonds. The maximum Gasteiger partial charge on any atom is 0.161 e. The number of benzene rings is 1. The quantitative estimate of drug-likeness (QED) is 0.636. The zero-order valence-corrected chi connectivity index (χ0v) is 10.4. The number of ether oxygens (including phenoxy) is 2. The Morgan fingerprint density at radius 2 is 1.71 bits per heavy atom. The molecule has 4 heteroatoms. The number of methoxy groups -OCH3 is 2. The standard InChI is InChI=1S/C10H11IO3/c1-6(12)7-4-9(13-2)10(14-3)5-8(7)11/h4-5H,1-3H3. The number of carbonyl (C=O) groups is 1. The fourth-order valence-electron chi connectivity index (χ4n) is 1.12. The second kappa shape index (κ2) is 4.63. The highest BCUT2D eigenvalue weighted by atomic mass is 127. The monoisotopic (exact) mass is 306 g/mol. The third-order valence-corrected chi connectivity index (χ3v) is 2.75. The molecule has 1 aromatic carbocycles. The third-order valence-electron chi connectivity index (χ3n) is 1.85. The van der Waals surface area contributed by atoms with Gasteiger partial charge in [-0.15, -0.1) is 0 Å². The Balaban J connectivity index is 3.30. The van der Waals surface area contributed by atoms with Crippen molar-refractivity contribution in [2.24, 2.45) is 0 Å². The van der Waals surface area contributed by atoms with Crippen molar-refractivity contribution in [3.63, 3.8) is 0 Å². The largest absolute Gasteiger partial charge is 0.493 e. The van der Waals surface area contributed by atoms with Crippen LogP contribution in [0.3, 0.4) is 0 Å². The smallest absolute Gasteiger partial charge is 0.161 e. The van der Waals surface area contributed by atoms with Gasteiger partial charge in [0.1, 0.15) is 0 Å². The molecule has 1 aromatic rings. The molecule has 0 aliphatic heterocycles. The van der Waals surface area contributed by atoms with Crippen LogP contribution in [0.15, 0.2) is 12.1 Å². The molecule has 76 valence electrons. The Morgan fingerprint density at radius 1 is 1.21 bits per heavy atom. The molecule has 0 radical (unpaired) electrons. The summed E-state index contributed by atoms with van der Waals surface area (Å²) < 4.78 is 11.1. The molecule has 1 rings (SSSR count). The van der Waals surface area contributed by atoms with E-state index in [9.17, 15) is 4.79 Å². The van der Waals surface area contributed by atoms with Gasteiger partial charge in [-0.25, -0.2) is 0 Å². The molecule has 0 saturated carbocycles. The van der Waals surface area contributed by atoms with Crippen molar-refractivity contribution in [2.45, 2.75) is 6.92 Å². The molecule has 0 saturated heterocycles. The summed E-state index contributed by atoms with van der Waals surface area (Å²) in [5.74, 6) is 1.25. The first-order valence-electron chi connectivity index (χ1n) is 4.02. The van der Waals surface area contributed by atoms with Crippen molar-refractivity contribution in [1.82, 2.24) is 0 Å². The summed E-state index contributed by atoms with van der Waals surface area (Å²) in [4.78, 5) is 11.2. The maximum absolute atomic E-state index is 11.2. The van der Waals surface area contributed by atoms with Gasteiger partial charge < -0.3 is 9.47 Å². The Morgan fingerprint density at radius 3 is 2.14 bits per heavy atom. The van der Waals surface area contributed by atoms with Crippen molar-refractivity contribution in [1.29, 1.82) is 0 Å². The summed E-state index contributed by atoms with van der Waals surface area (Å²) in [6.07, 6.45) is 0. The molecule has 0 N–H and O–H groups in total. The summed E-state index contributed by atoms with van der Waals surface area (Å²) in [6.45, 7) is 1.53. The lowest BCUT2D eigenvalue weighted by Gasteiger charge is -2.09. The van der Waals surface area contributed by atoms with E-state index in [1.165, 1.54) is 6.92 Å². The highest BCUT2D eigenvalue weighted by Gasteiger charge is 2.11. The fraction of sp³-hybridized carbons (Fsp3) is 0.300. The summed E-state index contributed by atoms with van der Waals surface area (Å²) in [5.41, 5.74) is 0.656. The second-order valence-electron chi connectivity index (χ2n) is 2.74. The third kappa shape index (κ3) is 2.17. The molecule has 3 nitrogen and oxygen atoms in total. The zero-order chi connectivity index (χ0) is 10.7. The van der Waals surface area contributed by atoms with E-state index in [-0.39, 0.29) is 5.78 Å². The molecular formula is C10H11IO3. The van der Waals surface area contributed by atoms with Crippen LogP contribution in [0.4, 0.5) is 0 Å². The zero-order valence-electron chi connectivity index (χ0n) is 8.26. The van der Waals surface area contributed by atoms with Gasteiger partial charge in [0.25, 0.3) is 0 Å². The van der Waals surface area contributed by atoms with E-state index in [1.54, 1.807) is 26.4 Å². The number of carbonyl (C=O) groups excluding carboxylic acids is 1. The summed E-state index contributed by atoms with van der Waals surface area (Å²) >= 11 is 2.10. The molecule has 0 aliphatic carbocycles. The van der Waals surface area contributed by atoms with Crippen LogP contribution in [0.5, 0.6) is 11.5 Å². The SMILES string of the molecule is COc1cc(I)c(C(C)=O)cc1OC. The molecule has 0 heterocycles. The number of hydrogen-bond donors (Lipinski definition) is 0. The maximum atomic E-state index is 11.2. The summed E-state index contributed by atoms with van der Waals surface area (Å²) in [7, 11) is 3.12. The van der Waals surface area contributed by atoms with Crippen molar-refractivity contribution >= 4 is 28.4 Å². The summed E-state index contributed by atoms with van der Waals surface area (Å²) in [6, 6.07) is 3.49. The average Bonchev–Trinajstić information content (AvgIpc) is 2.16. The highest BCUT2D eigenvalue weighted by Crippen LogP contribution is 2.31. The van der Waals surface area contributed by atoms with Crippen LogP contribution in [-0.4, -0.2) is 20.0 Å². The number of hydrogen-bond acceptors (Lipinski definition) is 3. The van der Waals surface area contributed by atoms with Gasteiger partial charge in [0, 0.05) is 9.13 Å². The number of rotatable bonds is 3. The van der Waals surface area contributed by atoms with E-state index in [0.717, 1.165) is 3.57 Å². The van der Waals surface area contributed by atoms with E-state index in [1.807, 2.05) is 0 Å². The summed E-state index contributed by atoms with van der Waals surface area (Å²) in [5, 5.41) is 0.